The Morgan fingerprint density at radius 3 is 2.44 bits per heavy atom. The summed E-state index contributed by atoms with van der Waals surface area (Å²) in [5.41, 5.74) is 1.37. The second kappa shape index (κ2) is 8.80. The van der Waals surface area contributed by atoms with Crippen LogP contribution in [0, 0.1) is 5.82 Å². The predicted molar refractivity (Wildman–Crippen MR) is 103 cm³/mol. The molecule has 1 N–H and O–H groups in total. The van der Waals surface area contributed by atoms with Crippen molar-refractivity contribution in [2.24, 2.45) is 0 Å². The number of nitrogens with one attached hydrogen (secondary N) is 1. The van der Waals surface area contributed by atoms with E-state index in [-0.39, 0.29) is 23.8 Å². The maximum atomic E-state index is 13.3. The lowest BCUT2D eigenvalue weighted by molar-refractivity contribution is -0.134. The lowest BCUT2D eigenvalue weighted by Crippen LogP contribution is -2.47. The third-order valence-corrected chi connectivity index (χ3v) is 5.14. The van der Waals surface area contributed by atoms with Gasteiger partial charge in [0.2, 0.25) is 5.91 Å². The molecule has 5 heteroatoms. The third kappa shape index (κ3) is 4.73. The first kappa shape index (κ1) is 19.1. The van der Waals surface area contributed by atoms with Gasteiger partial charge in [-0.3, -0.25) is 9.59 Å². The van der Waals surface area contributed by atoms with Gasteiger partial charge in [0.15, 0.2) is 0 Å². The molecular weight excluding hydrogens is 343 g/mol. The summed E-state index contributed by atoms with van der Waals surface area (Å²) in [5.74, 6) is -0.659. The number of likely N-dealkylation sites (tertiary alicyclic amines) is 1. The fourth-order valence-electron chi connectivity index (χ4n) is 3.60. The largest absolute Gasteiger partial charge is 0.349 e. The highest BCUT2D eigenvalue weighted by Crippen LogP contribution is 2.24. The van der Waals surface area contributed by atoms with E-state index in [4.69, 9.17) is 0 Å². The quantitative estimate of drug-likeness (QED) is 0.874. The molecule has 3 rings (SSSR count). The van der Waals surface area contributed by atoms with Gasteiger partial charge in [-0.1, -0.05) is 43.3 Å². The van der Waals surface area contributed by atoms with E-state index < -0.39 is 5.82 Å². The van der Waals surface area contributed by atoms with E-state index in [1.807, 2.05) is 42.2 Å². The topological polar surface area (TPSA) is 49.4 Å². The molecule has 0 saturated carbocycles. The molecule has 0 radical (unpaired) electrons. The van der Waals surface area contributed by atoms with Gasteiger partial charge < -0.3 is 10.2 Å². The van der Waals surface area contributed by atoms with Crippen molar-refractivity contribution in [2.45, 2.75) is 38.1 Å². The van der Waals surface area contributed by atoms with E-state index in [0.717, 1.165) is 12.0 Å². The number of carbonyl (C=O) groups excluding carboxylic acids is 2. The minimum atomic E-state index is -0.422. The van der Waals surface area contributed by atoms with Crippen molar-refractivity contribution in [3.05, 3.63) is 71.5 Å². The first-order valence-electron chi connectivity index (χ1n) is 9.48. The Kier molecular flexibility index (Phi) is 6.22. The van der Waals surface area contributed by atoms with Crippen molar-refractivity contribution in [1.82, 2.24) is 10.2 Å². The first-order chi connectivity index (χ1) is 13.1. The van der Waals surface area contributed by atoms with Crippen molar-refractivity contribution in [2.75, 3.05) is 13.1 Å². The summed E-state index contributed by atoms with van der Waals surface area (Å²) in [4.78, 5) is 27.1. The van der Waals surface area contributed by atoms with Crippen LogP contribution >= 0.6 is 0 Å². The molecule has 142 valence electrons. The zero-order chi connectivity index (χ0) is 19.2. The average molecular weight is 368 g/mol. The van der Waals surface area contributed by atoms with E-state index in [0.29, 0.717) is 31.5 Å². The van der Waals surface area contributed by atoms with E-state index in [1.54, 1.807) is 6.07 Å². The van der Waals surface area contributed by atoms with Crippen molar-refractivity contribution in [1.29, 1.82) is 0 Å². The van der Waals surface area contributed by atoms with Gasteiger partial charge >= 0.3 is 0 Å². The molecule has 0 bridgehead atoms. The van der Waals surface area contributed by atoms with Crippen LogP contribution in [0.4, 0.5) is 4.39 Å². The van der Waals surface area contributed by atoms with Crippen molar-refractivity contribution in [3.63, 3.8) is 0 Å². The SMILES string of the molecule is CC[C@H](C(=O)N1CCC(NC(=O)c2cccc(F)c2)CC1)c1ccccc1. The van der Waals surface area contributed by atoms with Crippen LogP contribution in [0.15, 0.2) is 54.6 Å². The summed E-state index contributed by atoms with van der Waals surface area (Å²) >= 11 is 0. The van der Waals surface area contributed by atoms with Crippen LogP contribution in [-0.4, -0.2) is 35.8 Å². The Labute approximate surface area is 159 Å². The van der Waals surface area contributed by atoms with Gasteiger partial charge in [0, 0.05) is 24.7 Å². The molecule has 1 saturated heterocycles. The average Bonchev–Trinajstić information content (AvgIpc) is 2.70. The van der Waals surface area contributed by atoms with Gasteiger partial charge in [0.25, 0.3) is 5.91 Å². The molecule has 1 aliphatic rings. The van der Waals surface area contributed by atoms with Crippen LogP contribution in [0.2, 0.25) is 0 Å². The molecule has 4 nitrogen and oxygen atoms in total. The summed E-state index contributed by atoms with van der Waals surface area (Å²) in [6.07, 6.45) is 2.18. The van der Waals surface area contributed by atoms with Crippen LogP contribution in [0.3, 0.4) is 0 Å². The molecule has 1 fully saturated rings. The number of benzene rings is 2. The van der Waals surface area contributed by atoms with Crippen LogP contribution in [0.1, 0.15) is 48.0 Å². The number of carbonyl (C=O) groups is 2. The number of amides is 2. The molecule has 1 aliphatic heterocycles. The van der Waals surface area contributed by atoms with E-state index in [1.165, 1.54) is 18.2 Å². The third-order valence-electron chi connectivity index (χ3n) is 5.14. The highest BCUT2D eigenvalue weighted by Gasteiger charge is 2.28. The zero-order valence-electron chi connectivity index (χ0n) is 15.5. The van der Waals surface area contributed by atoms with Crippen LogP contribution in [-0.2, 0) is 4.79 Å². The van der Waals surface area contributed by atoms with Crippen molar-refractivity contribution in [3.8, 4) is 0 Å². The van der Waals surface area contributed by atoms with Gasteiger partial charge in [-0.2, -0.15) is 0 Å². The van der Waals surface area contributed by atoms with Crippen LogP contribution in [0.5, 0.6) is 0 Å². The minimum absolute atomic E-state index is 0.00150. The van der Waals surface area contributed by atoms with Gasteiger partial charge in [-0.05, 0) is 43.0 Å². The van der Waals surface area contributed by atoms with Gasteiger partial charge in [0.1, 0.15) is 5.82 Å². The van der Waals surface area contributed by atoms with E-state index in [2.05, 4.69) is 5.32 Å². The molecule has 2 aromatic carbocycles. The molecule has 0 unspecified atom stereocenters. The number of hydrogen-bond donors (Lipinski definition) is 1. The van der Waals surface area contributed by atoms with Crippen LogP contribution in [0.25, 0.3) is 0 Å². The van der Waals surface area contributed by atoms with Crippen LogP contribution < -0.4 is 5.32 Å². The Morgan fingerprint density at radius 1 is 1.11 bits per heavy atom. The lowest BCUT2D eigenvalue weighted by Gasteiger charge is -2.34. The number of piperidine rings is 1. The first-order valence-corrected chi connectivity index (χ1v) is 9.48. The fourth-order valence-corrected chi connectivity index (χ4v) is 3.60. The standard InChI is InChI=1S/C22H25FN2O2/c1-2-20(16-7-4-3-5-8-16)22(27)25-13-11-19(12-14-25)24-21(26)17-9-6-10-18(23)15-17/h3-10,15,19-20H,2,11-14H2,1H3,(H,24,26)/t20-/m0/s1. The molecular formula is C22H25FN2O2. The Bertz CT molecular complexity index is 786. The summed E-state index contributed by atoms with van der Waals surface area (Å²) in [7, 11) is 0. The Morgan fingerprint density at radius 2 is 1.81 bits per heavy atom. The molecule has 0 spiro atoms. The van der Waals surface area contributed by atoms with Crippen molar-refractivity contribution < 1.29 is 14.0 Å². The van der Waals surface area contributed by atoms with Gasteiger partial charge in [-0.25, -0.2) is 4.39 Å². The highest BCUT2D eigenvalue weighted by molar-refractivity contribution is 5.94. The number of halogens is 1. The summed E-state index contributed by atoms with van der Waals surface area (Å²) in [6.45, 7) is 3.27. The molecule has 2 aromatic rings. The number of hydrogen-bond acceptors (Lipinski definition) is 2. The normalized spacial score (nSPS) is 16.0. The smallest absolute Gasteiger partial charge is 0.251 e. The molecule has 1 atom stereocenters. The second-order valence-corrected chi connectivity index (χ2v) is 6.95. The number of nitrogens with zero attached hydrogens (tertiary/aromatic N) is 1. The maximum absolute atomic E-state index is 13.3. The fraction of sp³-hybridized carbons (Fsp3) is 0.364. The summed E-state index contributed by atoms with van der Waals surface area (Å²) < 4.78 is 13.3. The molecule has 0 aromatic heterocycles. The van der Waals surface area contributed by atoms with Gasteiger partial charge in [-0.15, -0.1) is 0 Å². The Hall–Kier alpha value is -2.69. The summed E-state index contributed by atoms with van der Waals surface area (Å²) in [5, 5.41) is 2.95. The molecule has 1 heterocycles. The monoisotopic (exact) mass is 368 g/mol. The lowest BCUT2D eigenvalue weighted by atomic mass is 9.93. The molecule has 0 aliphatic carbocycles. The minimum Gasteiger partial charge on any atom is -0.349 e. The molecule has 2 amide bonds. The maximum Gasteiger partial charge on any atom is 0.251 e. The van der Waals surface area contributed by atoms with E-state index >= 15 is 0 Å². The zero-order valence-corrected chi connectivity index (χ0v) is 15.5. The predicted octanol–water partition coefficient (Wildman–Crippen LogP) is 3.74. The highest BCUT2D eigenvalue weighted by atomic mass is 19.1. The number of rotatable bonds is 5. The second-order valence-electron chi connectivity index (χ2n) is 6.95. The van der Waals surface area contributed by atoms with Gasteiger partial charge in [0.05, 0.1) is 5.92 Å². The van der Waals surface area contributed by atoms with Crippen molar-refractivity contribution >= 4 is 11.8 Å². The Balaban J connectivity index is 1.55. The summed E-state index contributed by atoms with van der Waals surface area (Å²) in [6, 6.07) is 15.5. The van der Waals surface area contributed by atoms with E-state index in [9.17, 15) is 14.0 Å². The molecule has 27 heavy (non-hydrogen) atoms.